The molecule has 1 unspecified atom stereocenters. The Kier molecular flexibility index (Phi) is 3.41. The SMILES string of the molecule is CC(C)Oc1ccccc1C1(O)CCC(C)(C)C1. The van der Waals surface area contributed by atoms with E-state index in [4.69, 9.17) is 4.74 Å². The van der Waals surface area contributed by atoms with Crippen LogP contribution in [0.5, 0.6) is 5.75 Å². The van der Waals surface area contributed by atoms with Crippen molar-refractivity contribution >= 4 is 0 Å². The molecule has 1 fully saturated rings. The molecule has 100 valence electrons. The van der Waals surface area contributed by atoms with E-state index in [-0.39, 0.29) is 11.5 Å². The fraction of sp³-hybridized carbons (Fsp3) is 0.625. The predicted molar refractivity (Wildman–Crippen MR) is 73.7 cm³/mol. The smallest absolute Gasteiger partial charge is 0.125 e. The third-order valence-electron chi connectivity index (χ3n) is 3.74. The number of hydrogen-bond acceptors (Lipinski definition) is 2. The zero-order valence-corrected chi connectivity index (χ0v) is 11.9. The van der Waals surface area contributed by atoms with Gasteiger partial charge in [0.1, 0.15) is 5.75 Å². The summed E-state index contributed by atoms with van der Waals surface area (Å²) >= 11 is 0. The fourth-order valence-electron chi connectivity index (χ4n) is 2.95. The van der Waals surface area contributed by atoms with E-state index in [9.17, 15) is 5.11 Å². The van der Waals surface area contributed by atoms with Crippen LogP contribution >= 0.6 is 0 Å². The monoisotopic (exact) mass is 248 g/mol. The molecule has 0 heterocycles. The van der Waals surface area contributed by atoms with Crippen LogP contribution in [0.25, 0.3) is 0 Å². The third kappa shape index (κ3) is 2.69. The van der Waals surface area contributed by atoms with Crippen molar-refractivity contribution in [1.29, 1.82) is 0 Å². The predicted octanol–water partition coefficient (Wildman–Crippen LogP) is 3.87. The van der Waals surface area contributed by atoms with Crippen LogP contribution in [0, 0.1) is 5.41 Å². The molecule has 0 saturated heterocycles. The molecule has 18 heavy (non-hydrogen) atoms. The van der Waals surface area contributed by atoms with Crippen molar-refractivity contribution in [2.45, 2.75) is 58.7 Å². The van der Waals surface area contributed by atoms with Gasteiger partial charge >= 0.3 is 0 Å². The maximum absolute atomic E-state index is 10.9. The summed E-state index contributed by atoms with van der Waals surface area (Å²) in [5.74, 6) is 0.827. The molecule has 1 aliphatic rings. The van der Waals surface area contributed by atoms with E-state index in [2.05, 4.69) is 13.8 Å². The lowest BCUT2D eigenvalue weighted by atomic mass is 9.85. The van der Waals surface area contributed by atoms with Gasteiger partial charge in [0.05, 0.1) is 11.7 Å². The minimum Gasteiger partial charge on any atom is -0.491 e. The molecule has 1 saturated carbocycles. The summed E-state index contributed by atoms with van der Waals surface area (Å²) in [5, 5.41) is 10.9. The zero-order valence-electron chi connectivity index (χ0n) is 11.9. The standard InChI is InChI=1S/C16H24O2/c1-12(2)18-14-8-6-5-7-13(14)16(17)10-9-15(3,4)11-16/h5-8,12,17H,9-11H2,1-4H3. The first-order valence-corrected chi connectivity index (χ1v) is 6.81. The Bertz CT molecular complexity index is 423. The number of hydrogen-bond donors (Lipinski definition) is 1. The molecular weight excluding hydrogens is 224 g/mol. The van der Waals surface area contributed by atoms with Crippen molar-refractivity contribution in [2.75, 3.05) is 0 Å². The van der Waals surface area contributed by atoms with Crippen molar-refractivity contribution in [3.8, 4) is 5.75 Å². The number of rotatable bonds is 3. The summed E-state index contributed by atoms with van der Waals surface area (Å²) in [5.41, 5.74) is 0.429. The molecule has 0 radical (unpaired) electrons. The minimum atomic E-state index is -0.727. The summed E-state index contributed by atoms with van der Waals surface area (Å²) in [7, 11) is 0. The highest BCUT2D eigenvalue weighted by molar-refractivity contribution is 5.39. The van der Waals surface area contributed by atoms with Crippen LogP contribution in [0.4, 0.5) is 0 Å². The Morgan fingerprint density at radius 2 is 1.83 bits per heavy atom. The topological polar surface area (TPSA) is 29.5 Å². The number of para-hydroxylation sites is 1. The molecule has 0 aliphatic heterocycles. The molecule has 2 nitrogen and oxygen atoms in total. The van der Waals surface area contributed by atoms with Gasteiger partial charge in [-0.05, 0) is 44.6 Å². The summed E-state index contributed by atoms with van der Waals surface area (Å²) in [6.45, 7) is 8.46. The second-order valence-electron chi connectivity index (χ2n) is 6.54. The van der Waals surface area contributed by atoms with Crippen LogP contribution in [-0.2, 0) is 5.60 Å². The molecule has 1 N–H and O–H groups in total. The summed E-state index contributed by atoms with van der Waals surface area (Å²) in [6.07, 6.45) is 2.81. The highest BCUT2D eigenvalue weighted by Crippen LogP contribution is 2.50. The first-order chi connectivity index (χ1) is 8.32. The fourth-order valence-corrected chi connectivity index (χ4v) is 2.95. The van der Waals surface area contributed by atoms with E-state index in [1.165, 1.54) is 0 Å². The number of benzene rings is 1. The van der Waals surface area contributed by atoms with E-state index in [0.29, 0.717) is 0 Å². The Labute approximate surface area is 110 Å². The van der Waals surface area contributed by atoms with Gasteiger partial charge in [-0.3, -0.25) is 0 Å². The third-order valence-corrected chi connectivity index (χ3v) is 3.74. The molecular formula is C16H24O2. The molecule has 0 aromatic heterocycles. The van der Waals surface area contributed by atoms with Gasteiger partial charge in [0.2, 0.25) is 0 Å². The van der Waals surface area contributed by atoms with Crippen molar-refractivity contribution in [1.82, 2.24) is 0 Å². The van der Waals surface area contributed by atoms with E-state index in [0.717, 1.165) is 30.6 Å². The normalized spacial score (nSPS) is 26.6. The largest absolute Gasteiger partial charge is 0.491 e. The first kappa shape index (κ1) is 13.4. The Balaban J connectivity index is 2.33. The lowest BCUT2D eigenvalue weighted by Crippen LogP contribution is -2.25. The highest BCUT2D eigenvalue weighted by Gasteiger charge is 2.44. The average molecular weight is 248 g/mol. The number of aliphatic hydroxyl groups is 1. The molecule has 0 spiro atoms. The molecule has 1 aromatic carbocycles. The maximum Gasteiger partial charge on any atom is 0.125 e. The summed E-state index contributed by atoms with van der Waals surface area (Å²) in [4.78, 5) is 0. The van der Waals surface area contributed by atoms with Crippen LogP contribution in [0.2, 0.25) is 0 Å². The lowest BCUT2D eigenvalue weighted by molar-refractivity contribution is 0.0300. The maximum atomic E-state index is 10.9. The Morgan fingerprint density at radius 1 is 1.17 bits per heavy atom. The van der Waals surface area contributed by atoms with E-state index < -0.39 is 5.60 Å². The highest BCUT2D eigenvalue weighted by atomic mass is 16.5. The second-order valence-corrected chi connectivity index (χ2v) is 6.54. The quantitative estimate of drug-likeness (QED) is 0.879. The van der Waals surface area contributed by atoms with E-state index in [1.54, 1.807) is 0 Å². The number of ether oxygens (including phenoxy) is 1. The summed E-state index contributed by atoms with van der Waals surface area (Å²) < 4.78 is 5.83. The van der Waals surface area contributed by atoms with Crippen molar-refractivity contribution < 1.29 is 9.84 Å². The molecule has 2 rings (SSSR count). The van der Waals surface area contributed by atoms with Crippen LogP contribution in [-0.4, -0.2) is 11.2 Å². The summed E-state index contributed by atoms with van der Waals surface area (Å²) in [6, 6.07) is 7.90. The molecule has 2 heteroatoms. The van der Waals surface area contributed by atoms with Gasteiger partial charge in [-0.2, -0.15) is 0 Å². The van der Waals surface area contributed by atoms with Crippen molar-refractivity contribution in [3.63, 3.8) is 0 Å². The second kappa shape index (κ2) is 4.58. The van der Waals surface area contributed by atoms with Gasteiger partial charge in [-0.15, -0.1) is 0 Å². The zero-order chi connectivity index (χ0) is 13.4. The van der Waals surface area contributed by atoms with Gasteiger partial charge in [0.15, 0.2) is 0 Å². The van der Waals surface area contributed by atoms with Crippen LogP contribution in [0.15, 0.2) is 24.3 Å². The molecule has 1 aromatic rings. The van der Waals surface area contributed by atoms with E-state index in [1.807, 2.05) is 38.1 Å². The van der Waals surface area contributed by atoms with Gasteiger partial charge in [-0.25, -0.2) is 0 Å². The van der Waals surface area contributed by atoms with Crippen LogP contribution in [0.3, 0.4) is 0 Å². The van der Waals surface area contributed by atoms with Crippen LogP contribution in [0.1, 0.15) is 52.5 Å². The molecule has 0 amide bonds. The molecule has 0 bridgehead atoms. The van der Waals surface area contributed by atoms with Gasteiger partial charge in [-0.1, -0.05) is 32.0 Å². The van der Waals surface area contributed by atoms with Crippen LogP contribution < -0.4 is 4.74 Å². The lowest BCUT2D eigenvalue weighted by Gasteiger charge is -2.28. The Hall–Kier alpha value is -1.02. The minimum absolute atomic E-state index is 0.129. The average Bonchev–Trinajstić information content (AvgIpc) is 2.54. The molecule has 1 atom stereocenters. The van der Waals surface area contributed by atoms with Gasteiger partial charge < -0.3 is 9.84 Å². The van der Waals surface area contributed by atoms with E-state index >= 15 is 0 Å². The Morgan fingerprint density at radius 3 is 2.39 bits per heavy atom. The van der Waals surface area contributed by atoms with Gasteiger partial charge in [0, 0.05) is 5.56 Å². The molecule has 1 aliphatic carbocycles. The first-order valence-electron chi connectivity index (χ1n) is 6.81. The van der Waals surface area contributed by atoms with Gasteiger partial charge in [0.25, 0.3) is 0 Å². The van der Waals surface area contributed by atoms with Crippen molar-refractivity contribution in [2.24, 2.45) is 5.41 Å². The van der Waals surface area contributed by atoms with Crippen molar-refractivity contribution in [3.05, 3.63) is 29.8 Å².